The second-order valence-electron chi connectivity index (χ2n) is 4.56. The van der Waals surface area contributed by atoms with Crippen molar-refractivity contribution in [1.29, 1.82) is 0 Å². The van der Waals surface area contributed by atoms with Gasteiger partial charge in [-0.1, -0.05) is 47.1 Å². The zero-order chi connectivity index (χ0) is 14.1. The summed E-state index contributed by atoms with van der Waals surface area (Å²) in [7, 11) is 1.56. The van der Waals surface area contributed by atoms with Gasteiger partial charge in [0.1, 0.15) is 0 Å². The topological polar surface area (TPSA) is 56.5 Å². The van der Waals surface area contributed by atoms with Gasteiger partial charge in [-0.3, -0.25) is 4.79 Å². The van der Waals surface area contributed by atoms with Crippen LogP contribution >= 0.6 is 11.6 Å². The van der Waals surface area contributed by atoms with Crippen molar-refractivity contribution in [2.75, 3.05) is 0 Å². The number of rotatable bonds is 2. The maximum absolute atomic E-state index is 12.1. The predicted octanol–water partition coefficient (Wildman–Crippen LogP) is 2.30. The molecule has 1 aromatic heterocycles. The molecule has 6 heteroatoms. The number of nitrogens with zero attached hydrogens (tertiary/aromatic N) is 3. The van der Waals surface area contributed by atoms with Crippen LogP contribution in [0.3, 0.4) is 0 Å². The standard InChI is InChI=1S/C14H12ClN3O2/c1-18-14(19)10(7-13(15)16-18)11-8-12(20-17-11)9-5-3-2-4-6-9/h2-7,12H,8H2,1H3/t12-/m0/s1. The number of oxime groups is 1. The molecule has 0 N–H and O–H groups in total. The molecule has 1 aromatic carbocycles. The third kappa shape index (κ3) is 2.32. The van der Waals surface area contributed by atoms with E-state index in [1.807, 2.05) is 30.3 Å². The lowest BCUT2D eigenvalue weighted by molar-refractivity contribution is 0.0857. The summed E-state index contributed by atoms with van der Waals surface area (Å²) < 4.78 is 1.20. The average molecular weight is 290 g/mol. The SMILES string of the molecule is Cn1nc(Cl)cc(C2=NO[C@H](c3ccccc3)C2)c1=O. The largest absolute Gasteiger partial charge is 0.387 e. The zero-order valence-electron chi connectivity index (χ0n) is 10.8. The fourth-order valence-corrected chi connectivity index (χ4v) is 2.38. The van der Waals surface area contributed by atoms with E-state index in [2.05, 4.69) is 10.3 Å². The number of aromatic nitrogens is 2. The van der Waals surface area contributed by atoms with Gasteiger partial charge in [-0.2, -0.15) is 5.10 Å². The summed E-state index contributed by atoms with van der Waals surface area (Å²) in [6.07, 6.45) is 0.377. The average Bonchev–Trinajstić information content (AvgIpc) is 2.93. The van der Waals surface area contributed by atoms with Crippen LogP contribution in [-0.4, -0.2) is 15.5 Å². The Morgan fingerprint density at radius 2 is 2.10 bits per heavy atom. The molecule has 0 amide bonds. The van der Waals surface area contributed by atoms with Crippen molar-refractivity contribution in [3.8, 4) is 0 Å². The molecule has 102 valence electrons. The Balaban J connectivity index is 1.90. The van der Waals surface area contributed by atoms with Crippen molar-refractivity contribution < 1.29 is 4.84 Å². The number of hydrogen-bond acceptors (Lipinski definition) is 4. The Bertz CT molecular complexity index is 725. The van der Waals surface area contributed by atoms with Crippen molar-refractivity contribution in [2.45, 2.75) is 12.5 Å². The molecule has 5 nitrogen and oxygen atoms in total. The minimum absolute atomic E-state index is 0.164. The molecule has 20 heavy (non-hydrogen) atoms. The molecule has 1 aliphatic heterocycles. The van der Waals surface area contributed by atoms with Gasteiger partial charge in [-0.05, 0) is 11.6 Å². The molecule has 0 saturated carbocycles. The second-order valence-corrected chi connectivity index (χ2v) is 4.94. The van der Waals surface area contributed by atoms with Crippen LogP contribution in [0.2, 0.25) is 5.15 Å². The molecule has 1 atom stereocenters. The summed E-state index contributed by atoms with van der Waals surface area (Å²) in [5.41, 5.74) is 1.84. The van der Waals surface area contributed by atoms with E-state index < -0.39 is 0 Å². The Kier molecular flexibility index (Phi) is 3.28. The van der Waals surface area contributed by atoms with E-state index in [0.717, 1.165) is 5.56 Å². The predicted molar refractivity (Wildman–Crippen MR) is 75.9 cm³/mol. The first-order valence-corrected chi connectivity index (χ1v) is 6.55. The lowest BCUT2D eigenvalue weighted by atomic mass is 10.0. The number of aryl methyl sites for hydroxylation is 1. The van der Waals surface area contributed by atoms with E-state index in [-0.39, 0.29) is 16.8 Å². The monoisotopic (exact) mass is 289 g/mol. The Hall–Kier alpha value is -2.14. The van der Waals surface area contributed by atoms with Gasteiger partial charge in [-0.25, -0.2) is 4.68 Å². The van der Waals surface area contributed by atoms with E-state index in [9.17, 15) is 4.79 Å². The number of benzene rings is 1. The minimum Gasteiger partial charge on any atom is -0.387 e. The molecule has 0 unspecified atom stereocenters. The van der Waals surface area contributed by atoms with Gasteiger partial charge in [0.05, 0.1) is 11.3 Å². The molecule has 0 fully saturated rings. The quantitative estimate of drug-likeness (QED) is 0.852. The van der Waals surface area contributed by atoms with Crippen molar-refractivity contribution in [3.05, 3.63) is 63.0 Å². The summed E-state index contributed by atoms with van der Waals surface area (Å²) in [5.74, 6) is 0. The lowest BCUT2D eigenvalue weighted by Gasteiger charge is -2.07. The molecule has 3 rings (SSSR count). The van der Waals surface area contributed by atoms with Gasteiger partial charge >= 0.3 is 0 Å². The van der Waals surface area contributed by atoms with E-state index in [1.54, 1.807) is 7.05 Å². The lowest BCUT2D eigenvalue weighted by Crippen LogP contribution is -2.26. The second kappa shape index (κ2) is 5.09. The highest BCUT2D eigenvalue weighted by Crippen LogP contribution is 2.28. The molecule has 1 aliphatic rings. The third-order valence-electron chi connectivity index (χ3n) is 3.18. The van der Waals surface area contributed by atoms with E-state index in [4.69, 9.17) is 16.4 Å². The van der Waals surface area contributed by atoms with Gasteiger partial charge in [0, 0.05) is 13.5 Å². The summed E-state index contributed by atoms with van der Waals surface area (Å²) in [6.45, 7) is 0. The van der Waals surface area contributed by atoms with Crippen LogP contribution in [0.4, 0.5) is 0 Å². The van der Waals surface area contributed by atoms with Gasteiger partial charge in [0.25, 0.3) is 5.56 Å². The van der Waals surface area contributed by atoms with Crippen molar-refractivity contribution in [3.63, 3.8) is 0 Å². The summed E-state index contributed by atoms with van der Waals surface area (Å²) in [6, 6.07) is 11.3. The van der Waals surface area contributed by atoms with Crippen LogP contribution in [0.15, 0.2) is 46.3 Å². The van der Waals surface area contributed by atoms with Crippen LogP contribution in [-0.2, 0) is 11.9 Å². The highest BCUT2D eigenvalue weighted by molar-refractivity contribution is 6.29. The summed E-state index contributed by atoms with van der Waals surface area (Å²) in [4.78, 5) is 17.5. The first-order chi connectivity index (χ1) is 9.65. The number of hydrogen-bond donors (Lipinski definition) is 0. The Labute approximate surface area is 120 Å². The zero-order valence-corrected chi connectivity index (χ0v) is 11.5. The van der Waals surface area contributed by atoms with Crippen molar-refractivity contribution in [1.82, 2.24) is 9.78 Å². The Morgan fingerprint density at radius 3 is 2.85 bits per heavy atom. The summed E-state index contributed by atoms with van der Waals surface area (Å²) in [5, 5.41) is 8.14. The van der Waals surface area contributed by atoms with Gasteiger partial charge in [0.2, 0.25) is 0 Å². The van der Waals surface area contributed by atoms with Crippen LogP contribution in [0, 0.1) is 0 Å². The van der Waals surface area contributed by atoms with Gasteiger partial charge in [0.15, 0.2) is 11.3 Å². The molecule has 0 bridgehead atoms. The first kappa shape index (κ1) is 12.9. The minimum atomic E-state index is -0.231. The van der Waals surface area contributed by atoms with Crippen LogP contribution in [0.5, 0.6) is 0 Å². The fourth-order valence-electron chi connectivity index (χ4n) is 2.16. The van der Waals surface area contributed by atoms with Crippen molar-refractivity contribution in [2.24, 2.45) is 12.2 Å². The molecule has 0 spiro atoms. The van der Waals surface area contributed by atoms with Crippen LogP contribution < -0.4 is 5.56 Å². The highest BCUT2D eigenvalue weighted by Gasteiger charge is 2.26. The first-order valence-electron chi connectivity index (χ1n) is 6.17. The third-order valence-corrected chi connectivity index (χ3v) is 3.37. The van der Waals surface area contributed by atoms with E-state index in [0.29, 0.717) is 17.7 Å². The van der Waals surface area contributed by atoms with Crippen LogP contribution in [0.1, 0.15) is 23.7 Å². The van der Waals surface area contributed by atoms with Gasteiger partial charge in [-0.15, -0.1) is 0 Å². The summed E-state index contributed by atoms with van der Waals surface area (Å²) >= 11 is 5.89. The van der Waals surface area contributed by atoms with Gasteiger partial charge < -0.3 is 4.84 Å². The molecule has 0 aliphatic carbocycles. The fraction of sp³-hybridized carbons (Fsp3) is 0.214. The van der Waals surface area contributed by atoms with E-state index >= 15 is 0 Å². The van der Waals surface area contributed by atoms with E-state index in [1.165, 1.54) is 10.7 Å². The van der Waals surface area contributed by atoms with Crippen LogP contribution in [0.25, 0.3) is 0 Å². The molecule has 0 saturated heterocycles. The molecule has 2 heterocycles. The smallest absolute Gasteiger partial charge is 0.275 e. The molecular weight excluding hydrogens is 278 g/mol. The maximum atomic E-state index is 12.1. The number of halogens is 1. The van der Waals surface area contributed by atoms with Crippen molar-refractivity contribution >= 4 is 17.3 Å². The molecular formula is C14H12ClN3O2. The highest BCUT2D eigenvalue weighted by atomic mass is 35.5. The molecule has 0 radical (unpaired) electrons. The maximum Gasteiger partial charge on any atom is 0.275 e. The Morgan fingerprint density at radius 1 is 1.35 bits per heavy atom. The normalized spacial score (nSPS) is 17.7. The molecule has 2 aromatic rings.